The lowest BCUT2D eigenvalue weighted by atomic mass is 10.0. The van der Waals surface area contributed by atoms with Crippen molar-refractivity contribution in [2.75, 3.05) is 18.0 Å². The maximum atomic E-state index is 14.1. The Balaban J connectivity index is 1.51. The number of hydrogen-bond acceptors (Lipinski definition) is 5. The van der Waals surface area contributed by atoms with E-state index < -0.39 is 11.6 Å². The lowest BCUT2D eigenvalue weighted by molar-refractivity contribution is -0.117. The molecule has 9 heteroatoms. The van der Waals surface area contributed by atoms with Gasteiger partial charge in [-0.05, 0) is 63.1 Å². The summed E-state index contributed by atoms with van der Waals surface area (Å²) in [4.78, 5) is 19.5. The summed E-state index contributed by atoms with van der Waals surface area (Å²) in [5, 5.41) is 7.49. The predicted molar refractivity (Wildman–Crippen MR) is 127 cm³/mol. The van der Waals surface area contributed by atoms with Crippen LogP contribution in [0.3, 0.4) is 0 Å². The third-order valence-electron chi connectivity index (χ3n) is 7.13. The number of rotatable bonds is 4. The van der Waals surface area contributed by atoms with Crippen LogP contribution in [0.25, 0.3) is 22.2 Å². The molecule has 0 spiro atoms. The second-order valence-corrected chi connectivity index (χ2v) is 9.31. The van der Waals surface area contributed by atoms with Gasteiger partial charge >= 0.3 is 0 Å². The number of aromatic nitrogens is 3. The van der Waals surface area contributed by atoms with Gasteiger partial charge in [0.15, 0.2) is 11.6 Å². The fourth-order valence-corrected chi connectivity index (χ4v) is 5.53. The molecule has 2 aliphatic rings. The molecule has 2 aromatic carbocycles. The SMILES string of the molecule is Cc1noc(C)c1-c1ccc2c(c1)nc([C@@H]1CCC(=O)N1c1ccc(F)c(F)c1)n2[C@@H]1CCNC1. The summed E-state index contributed by atoms with van der Waals surface area (Å²) in [6.45, 7) is 5.50. The number of carbonyl (C=O) groups excluding carboxylic acids is 1. The average Bonchev–Trinajstić information content (AvgIpc) is 3.61. The van der Waals surface area contributed by atoms with Gasteiger partial charge in [-0.1, -0.05) is 11.2 Å². The highest BCUT2D eigenvalue weighted by molar-refractivity contribution is 5.96. The van der Waals surface area contributed by atoms with E-state index in [9.17, 15) is 13.6 Å². The summed E-state index contributed by atoms with van der Waals surface area (Å²) in [5.41, 5.74) is 4.87. The molecule has 0 saturated carbocycles. The van der Waals surface area contributed by atoms with E-state index in [1.54, 1.807) is 4.90 Å². The molecule has 4 aromatic rings. The van der Waals surface area contributed by atoms with Crippen LogP contribution in [0.4, 0.5) is 14.5 Å². The summed E-state index contributed by atoms with van der Waals surface area (Å²) >= 11 is 0. The Bertz CT molecular complexity index is 1430. The monoisotopic (exact) mass is 477 g/mol. The van der Waals surface area contributed by atoms with Gasteiger partial charge < -0.3 is 19.3 Å². The summed E-state index contributed by atoms with van der Waals surface area (Å²) in [6, 6.07) is 9.55. The molecule has 2 aromatic heterocycles. The van der Waals surface area contributed by atoms with Gasteiger partial charge in [-0.2, -0.15) is 0 Å². The Kier molecular flexibility index (Phi) is 5.17. The minimum Gasteiger partial charge on any atom is -0.361 e. The molecule has 2 fully saturated rings. The first kappa shape index (κ1) is 21.9. The van der Waals surface area contributed by atoms with Crippen LogP contribution in [0.2, 0.25) is 0 Å². The molecular formula is C26H25F2N5O2. The Labute approximate surface area is 200 Å². The van der Waals surface area contributed by atoms with Gasteiger partial charge in [0.1, 0.15) is 11.6 Å². The van der Waals surface area contributed by atoms with E-state index >= 15 is 0 Å². The Morgan fingerprint density at radius 2 is 1.94 bits per heavy atom. The van der Waals surface area contributed by atoms with Crippen molar-refractivity contribution in [3.05, 3.63) is 65.3 Å². The molecule has 35 heavy (non-hydrogen) atoms. The Hall–Kier alpha value is -3.59. The van der Waals surface area contributed by atoms with E-state index in [-0.39, 0.29) is 18.0 Å². The molecule has 4 heterocycles. The molecule has 0 aliphatic carbocycles. The first-order chi connectivity index (χ1) is 16.9. The predicted octanol–water partition coefficient (Wildman–Crippen LogP) is 4.99. The second kappa shape index (κ2) is 8.27. The molecule has 0 unspecified atom stereocenters. The number of carbonyl (C=O) groups is 1. The van der Waals surface area contributed by atoms with Crippen molar-refractivity contribution in [2.24, 2.45) is 0 Å². The number of aryl methyl sites for hydroxylation is 2. The van der Waals surface area contributed by atoms with Crippen LogP contribution in [0.1, 0.15) is 48.6 Å². The lowest BCUT2D eigenvalue weighted by Crippen LogP contribution is -2.30. The molecule has 6 rings (SSSR count). The summed E-state index contributed by atoms with van der Waals surface area (Å²) in [7, 11) is 0. The van der Waals surface area contributed by atoms with Crippen LogP contribution in [0.15, 0.2) is 40.9 Å². The van der Waals surface area contributed by atoms with Crippen molar-refractivity contribution in [3.8, 4) is 11.1 Å². The van der Waals surface area contributed by atoms with E-state index in [1.165, 1.54) is 6.07 Å². The van der Waals surface area contributed by atoms with E-state index in [0.717, 1.165) is 71.1 Å². The average molecular weight is 478 g/mol. The van der Waals surface area contributed by atoms with E-state index in [1.807, 2.05) is 26.0 Å². The van der Waals surface area contributed by atoms with Gasteiger partial charge in [0, 0.05) is 36.3 Å². The Morgan fingerprint density at radius 1 is 1.09 bits per heavy atom. The molecule has 1 N–H and O–H groups in total. The third kappa shape index (κ3) is 3.53. The fourth-order valence-electron chi connectivity index (χ4n) is 5.53. The van der Waals surface area contributed by atoms with Gasteiger partial charge in [-0.25, -0.2) is 13.8 Å². The van der Waals surface area contributed by atoms with Crippen molar-refractivity contribution in [1.29, 1.82) is 0 Å². The highest BCUT2D eigenvalue weighted by atomic mass is 19.2. The van der Waals surface area contributed by atoms with Crippen LogP contribution in [-0.4, -0.2) is 33.7 Å². The minimum atomic E-state index is -0.974. The number of benzene rings is 2. The molecule has 180 valence electrons. The van der Waals surface area contributed by atoms with Gasteiger partial charge in [-0.15, -0.1) is 0 Å². The second-order valence-electron chi connectivity index (χ2n) is 9.31. The summed E-state index contributed by atoms with van der Waals surface area (Å²) in [6.07, 6.45) is 1.81. The number of fused-ring (bicyclic) bond motifs is 1. The molecule has 7 nitrogen and oxygen atoms in total. The molecule has 1 amide bonds. The van der Waals surface area contributed by atoms with Crippen LogP contribution in [0, 0.1) is 25.5 Å². The van der Waals surface area contributed by atoms with E-state index in [0.29, 0.717) is 18.5 Å². The quantitative estimate of drug-likeness (QED) is 0.448. The summed E-state index contributed by atoms with van der Waals surface area (Å²) in [5.74, 6) is -0.528. The van der Waals surface area contributed by atoms with Crippen molar-refractivity contribution >= 4 is 22.6 Å². The van der Waals surface area contributed by atoms with Crippen LogP contribution >= 0.6 is 0 Å². The third-order valence-corrected chi connectivity index (χ3v) is 7.13. The number of hydrogen-bond donors (Lipinski definition) is 1. The number of amides is 1. The van der Waals surface area contributed by atoms with Crippen molar-refractivity contribution < 1.29 is 18.1 Å². The first-order valence-corrected chi connectivity index (χ1v) is 11.9. The van der Waals surface area contributed by atoms with Crippen LogP contribution in [0.5, 0.6) is 0 Å². The minimum absolute atomic E-state index is 0.124. The number of halogens is 2. The zero-order valence-corrected chi connectivity index (χ0v) is 19.5. The van der Waals surface area contributed by atoms with Gasteiger partial charge in [0.05, 0.1) is 22.8 Å². The van der Waals surface area contributed by atoms with Crippen molar-refractivity contribution in [3.63, 3.8) is 0 Å². The standard InChI is InChI=1S/C26H25F2N5O2/c1-14-25(15(2)35-31-14)16-3-6-22-21(11-16)30-26(33(22)18-9-10-29-13-18)23-7-8-24(34)32(23)17-4-5-19(27)20(28)12-17/h3-6,11-12,18,23,29H,7-10,13H2,1-2H3/t18-,23+/m1/s1. The molecule has 2 atom stereocenters. The smallest absolute Gasteiger partial charge is 0.227 e. The fraction of sp³-hybridized carbons (Fsp3) is 0.346. The van der Waals surface area contributed by atoms with Crippen LogP contribution < -0.4 is 10.2 Å². The largest absolute Gasteiger partial charge is 0.361 e. The number of anilines is 1. The highest BCUT2D eigenvalue weighted by Crippen LogP contribution is 2.41. The summed E-state index contributed by atoms with van der Waals surface area (Å²) < 4.78 is 35.3. The number of nitrogens with one attached hydrogen (secondary N) is 1. The zero-order valence-electron chi connectivity index (χ0n) is 19.5. The zero-order chi connectivity index (χ0) is 24.3. The molecular weight excluding hydrogens is 452 g/mol. The van der Waals surface area contributed by atoms with Gasteiger partial charge in [0.25, 0.3) is 0 Å². The topological polar surface area (TPSA) is 76.2 Å². The maximum Gasteiger partial charge on any atom is 0.227 e. The van der Waals surface area contributed by atoms with E-state index in [2.05, 4.69) is 21.1 Å². The molecule has 0 bridgehead atoms. The normalized spacial score (nSPS) is 20.5. The lowest BCUT2D eigenvalue weighted by Gasteiger charge is -2.27. The highest BCUT2D eigenvalue weighted by Gasteiger charge is 2.38. The molecule has 2 saturated heterocycles. The van der Waals surface area contributed by atoms with Gasteiger partial charge in [-0.3, -0.25) is 4.79 Å². The number of nitrogens with zero attached hydrogens (tertiary/aromatic N) is 4. The maximum absolute atomic E-state index is 14.1. The van der Waals surface area contributed by atoms with Gasteiger partial charge in [0.2, 0.25) is 5.91 Å². The Morgan fingerprint density at radius 3 is 2.66 bits per heavy atom. The van der Waals surface area contributed by atoms with Crippen LogP contribution in [-0.2, 0) is 4.79 Å². The van der Waals surface area contributed by atoms with E-state index in [4.69, 9.17) is 9.51 Å². The van der Waals surface area contributed by atoms with Crippen molar-refractivity contribution in [2.45, 2.75) is 45.2 Å². The molecule has 0 radical (unpaired) electrons. The molecule has 2 aliphatic heterocycles. The first-order valence-electron chi connectivity index (χ1n) is 11.9. The number of imidazole rings is 1. The van der Waals surface area contributed by atoms with Crippen molar-refractivity contribution in [1.82, 2.24) is 20.0 Å².